The Bertz CT molecular complexity index is 1150. The summed E-state index contributed by atoms with van der Waals surface area (Å²) in [6.07, 6.45) is 0. The Hall–Kier alpha value is -3.53. The molecule has 0 saturated heterocycles. The van der Waals surface area contributed by atoms with Crippen molar-refractivity contribution < 1.29 is 14.3 Å². The van der Waals surface area contributed by atoms with Crippen molar-refractivity contribution >= 4 is 33.1 Å². The number of hydrogen-bond donors (Lipinski definition) is 1. The Morgan fingerprint density at radius 1 is 0.741 bits per heavy atom. The fourth-order valence-corrected chi connectivity index (χ4v) is 3.20. The van der Waals surface area contributed by atoms with E-state index in [1.807, 2.05) is 30.3 Å². The zero-order valence-electron chi connectivity index (χ0n) is 15.2. The van der Waals surface area contributed by atoms with Gasteiger partial charge in [0.1, 0.15) is 11.5 Å². The summed E-state index contributed by atoms with van der Waals surface area (Å²) in [6.45, 7) is 0. The minimum Gasteiger partial charge on any atom is -0.497 e. The third-order valence-corrected chi connectivity index (χ3v) is 4.62. The predicted octanol–water partition coefficient (Wildman–Crippen LogP) is 5.26. The Balaban J connectivity index is 1.66. The first-order valence-corrected chi connectivity index (χ1v) is 8.64. The van der Waals surface area contributed by atoms with E-state index in [-0.39, 0.29) is 5.91 Å². The molecule has 0 atom stereocenters. The van der Waals surface area contributed by atoms with E-state index in [0.717, 1.165) is 16.5 Å². The zero-order chi connectivity index (χ0) is 18.8. The third kappa shape index (κ3) is 3.29. The molecule has 0 aliphatic heterocycles. The summed E-state index contributed by atoms with van der Waals surface area (Å²) >= 11 is 0. The average Bonchev–Trinajstić information content (AvgIpc) is 2.71. The topological polar surface area (TPSA) is 47.6 Å². The Kier molecular flexibility index (Phi) is 4.38. The molecule has 4 heteroatoms. The quantitative estimate of drug-likeness (QED) is 0.507. The Morgan fingerprint density at radius 2 is 1.44 bits per heavy atom. The maximum Gasteiger partial charge on any atom is 0.259 e. The molecule has 0 aliphatic carbocycles. The zero-order valence-corrected chi connectivity index (χ0v) is 15.2. The number of rotatable bonds is 4. The highest BCUT2D eigenvalue weighted by atomic mass is 16.5. The molecule has 134 valence electrons. The number of carbonyl (C=O) groups is 1. The van der Waals surface area contributed by atoms with Crippen LogP contribution in [0.5, 0.6) is 11.5 Å². The van der Waals surface area contributed by atoms with Gasteiger partial charge in [-0.25, -0.2) is 0 Å². The van der Waals surface area contributed by atoms with Crippen molar-refractivity contribution in [2.75, 3.05) is 19.5 Å². The van der Waals surface area contributed by atoms with E-state index in [2.05, 4.69) is 29.6 Å². The minimum absolute atomic E-state index is 0.227. The number of methoxy groups -OCH3 is 2. The van der Waals surface area contributed by atoms with Gasteiger partial charge in [-0.1, -0.05) is 30.3 Å². The van der Waals surface area contributed by atoms with Gasteiger partial charge in [-0.05, 0) is 57.9 Å². The third-order valence-electron chi connectivity index (χ3n) is 4.62. The number of carbonyl (C=O) groups excluding carboxylic acids is 1. The molecule has 4 aromatic rings. The van der Waals surface area contributed by atoms with Crippen LogP contribution < -0.4 is 14.8 Å². The largest absolute Gasteiger partial charge is 0.497 e. The van der Waals surface area contributed by atoms with E-state index in [9.17, 15) is 4.79 Å². The lowest BCUT2D eigenvalue weighted by Crippen LogP contribution is -2.13. The number of nitrogens with one attached hydrogen (secondary N) is 1. The highest BCUT2D eigenvalue weighted by Crippen LogP contribution is 2.28. The summed E-state index contributed by atoms with van der Waals surface area (Å²) in [4.78, 5) is 12.7. The summed E-state index contributed by atoms with van der Waals surface area (Å²) in [7, 11) is 3.11. The highest BCUT2D eigenvalue weighted by Gasteiger charge is 2.14. The van der Waals surface area contributed by atoms with Crippen molar-refractivity contribution in [3.63, 3.8) is 0 Å². The first-order valence-electron chi connectivity index (χ1n) is 8.64. The fourth-order valence-electron chi connectivity index (χ4n) is 3.20. The second-order valence-corrected chi connectivity index (χ2v) is 6.28. The molecule has 0 fully saturated rings. The van der Waals surface area contributed by atoms with Crippen LogP contribution in [-0.4, -0.2) is 20.1 Å². The summed E-state index contributed by atoms with van der Waals surface area (Å²) < 4.78 is 10.5. The fraction of sp³-hybridized carbons (Fsp3) is 0.0870. The molecule has 0 bridgehead atoms. The van der Waals surface area contributed by atoms with Gasteiger partial charge in [0.25, 0.3) is 5.91 Å². The molecule has 0 radical (unpaired) electrons. The van der Waals surface area contributed by atoms with E-state index in [0.29, 0.717) is 17.1 Å². The summed E-state index contributed by atoms with van der Waals surface area (Å²) in [5, 5.41) is 7.53. The first kappa shape index (κ1) is 16.9. The van der Waals surface area contributed by atoms with Crippen LogP contribution in [0.3, 0.4) is 0 Å². The van der Waals surface area contributed by atoms with Gasteiger partial charge in [0.05, 0.1) is 19.8 Å². The van der Waals surface area contributed by atoms with Crippen molar-refractivity contribution in [2.24, 2.45) is 0 Å². The lowest BCUT2D eigenvalue weighted by molar-refractivity contribution is 0.102. The molecule has 0 aliphatic rings. The van der Waals surface area contributed by atoms with Crippen LogP contribution in [0.2, 0.25) is 0 Å². The predicted molar refractivity (Wildman–Crippen MR) is 109 cm³/mol. The molecule has 0 unspecified atom stereocenters. The molecule has 0 heterocycles. The number of anilines is 1. The van der Waals surface area contributed by atoms with Crippen molar-refractivity contribution in [3.05, 3.63) is 78.4 Å². The molecule has 4 rings (SSSR count). The number of benzene rings is 4. The van der Waals surface area contributed by atoms with Gasteiger partial charge in [-0.3, -0.25) is 4.79 Å². The van der Waals surface area contributed by atoms with E-state index >= 15 is 0 Å². The molecule has 1 amide bonds. The van der Waals surface area contributed by atoms with Crippen molar-refractivity contribution in [1.82, 2.24) is 0 Å². The van der Waals surface area contributed by atoms with Crippen LogP contribution in [0.4, 0.5) is 5.69 Å². The van der Waals surface area contributed by atoms with Crippen molar-refractivity contribution in [1.29, 1.82) is 0 Å². The molecule has 0 aromatic heterocycles. The maximum atomic E-state index is 12.7. The van der Waals surface area contributed by atoms with Crippen LogP contribution in [0.25, 0.3) is 21.5 Å². The molecule has 0 spiro atoms. The van der Waals surface area contributed by atoms with Gasteiger partial charge in [-0.15, -0.1) is 0 Å². The maximum absolute atomic E-state index is 12.7. The van der Waals surface area contributed by atoms with Gasteiger partial charge in [0.2, 0.25) is 0 Å². The van der Waals surface area contributed by atoms with Crippen molar-refractivity contribution in [2.45, 2.75) is 0 Å². The van der Waals surface area contributed by atoms with Gasteiger partial charge in [-0.2, -0.15) is 0 Å². The first-order chi connectivity index (χ1) is 13.2. The van der Waals surface area contributed by atoms with E-state index in [1.165, 1.54) is 17.9 Å². The van der Waals surface area contributed by atoms with Gasteiger partial charge < -0.3 is 14.8 Å². The molecule has 4 nitrogen and oxygen atoms in total. The van der Waals surface area contributed by atoms with Crippen LogP contribution in [0.15, 0.2) is 72.8 Å². The molecular weight excluding hydrogens is 338 g/mol. The van der Waals surface area contributed by atoms with Crippen LogP contribution in [0, 0.1) is 0 Å². The molecule has 27 heavy (non-hydrogen) atoms. The molecule has 4 aromatic carbocycles. The highest BCUT2D eigenvalue weighted by molar-refractivity contribution is 6.07. The normalized spacial score (nSPS) is 10.7. The lowest BCUT2D eigenvalue weighted by atomic mass is 10.0. The SMILES string of the molecule is COc1ccc(C(=O)Nc2ccc3cc4ccccc4cc3c2)c(OC)c1. The number of amides is 1. The Morgan fingerprint density at radius 3 is 2.15 bits per heavy atom. The summed E-state index contributed by atoms with van der Waals surface area (Å²) in [5.41, 5.74) is 1.19. The van der Waals surface area contributed by atoms with Gasteiger partial charge >= 0.3 is 0 Å². The second-order valence-electron chi connectivity index (χ2n) is 6.28. The average molecular weight is 357 g/mol. The number of hydrogen-bond acceptors (Lipinski definition) is 3. The Labute approximate surface area is 157 Å². The second kappa shape index (κ2) is 7.00. The smallest absolute Gasteiger partial charge is 0.259 e. The monoisotopic (exact) mass is 357 g/mol. The van der Waals surface area contributed by atoms with Crippen LogP contribution in [0.1, 0.15) is 10.4 Å². The summed E-state index contributed by atoms with van der Waals surface area (Å²) in [5.74, 6) is 0.884. The molecular formula is C23H19NO3. The number of fused-ring (bicyclic) bond motifs is 2. The molecule has 1 N–H and O–H groups in total. The van der Waals surface area contributed by atoms with Crippen LogP contribution >= 0.6 is 0 Å². The molecule has 0 saturated carbocycles. The van der Waals surface area contributed by atoms with E-state index in [4.69, 9.17) is 9.47 Å². The lowest BCUT2D eigenvalue weighted by Gasteiger charge is -2.11. The van der Waals surface area contributed by atoms with Crippen molar-refractivity contribution in [3.8, 4) is 11.5 Å². The summed E-state index contributed by atoms with van der Waals surface area (Å²) in [6, 6.07) is 23.6. The number of ether oxygens (including phenoxy) is 2. The van der Waals surface area contributed by atoms with E-state index < -0.39 is 0 Å². The van der Waals surface area contributed by atoms with E-state index in [1.54, 1.807) is 25.3 Å². The van der Waals surface area contributed by atoms with Gasteiger partial charge in [0, 0.05) is 11.8 Å². The van der Waals surface area contributed by atoms with Crippen LogP contribution in [-0.2, 0) is 0 Å². The van der Waals surface area contributed by atoms with Gasteiger partial charge in [0.15, 0.2) is 0 Å². The standard InChI is InChI=1S/C23H19NO3/c1-26-20-9-10-21(22(14-20)27-2)23(25)24-19-8-7-17-11-15-5-3-4-6-16(15)12-18(17)13-19/h3-14H,1-2H3,(H,24,25). The minimum atomic E-state index is -0.227.